The number of methoxy groups -OCH3 is 1. The second-order valence-corrected chi connectivity index (χ2v) is 9.24. The van der Waals surface area contributed by atoms with Gasteiger partial charge in [-0.3, -0.25) is 4.79 Å². The smallest absolute Gasteiger partial charge is 0.408 e. The number of hydrogen-bond acceptors (Lipinski definition) is 7. The van der Waals surface area contributed by atoms with Crippen LogP contribution < -0.4 is 10.6 Å². The minimum Gasteiger partial charge on any atom is -0.467 e. The Bertz CT molecular complexity index is 1020. The van der Waals surface area contributed by atoms with E-state index in [1.807, 2.05) is 60.7 Å². The number of ether oxygens (including phenoxy) is 3. The topological polar surface area (TPSA) is 120 Å². The zero-order valence-corrected chi connectivity index (χ0v) is 21.3. The second-order valence-electron chi connectivity index (χ2n) is 9.24. The zero-order valence-electron chi connectivity index (χ0n) is 21.3. The number of nitrogens with one attached hydrogen (secondary N) is 2. The predicted molar refractivity (Wildman–Crippen MR) is 133 cm³/mol. The Morgan fingerprint density at radius 1 is 0.833 bits per heavy atom. The molecule has 9 nitrogen and oxygen atoms in total. The number of amides is 2. The molecule has 3 atom stereocenters. The van der Waals surface area contributed by atoms with Crippen LogP contribution in [-0.4, -0.2) is 48.7 Å². The van der Waals surface area contributed by atoms with Crippen LogP contribution in [0.4, 0.5) is 4.79 Å². The van der Waals surface area contributed by atoms with Gasteiger partial charge in [0.15, 0.2) is 0 Å². The Balaban J connectivity index is 2.32. The lowest BCUT2D eigenvalue weighted by atomic mass is 10.0. The van der Waals surface area contributed by atoms with Crippen LogP contribution in [0.25, 0.3) is 0 Å². The van der Waals surface area contributed by atoms with E-state index >= 15 is 0 Å². The van der Waals surface area contributed by atoms with E-state index in [0.717, 1.165) is 18.2 Å². The summed E-state index contributed by atoms with van der Waals surface area (Å²) in [5.41, 5.74) is 0.885. The number of rotatable bonds is 10. The van der Waals surface area contributed by atoms with Gasteiger partial charge in [0, 0.05) is 19.8 Å². The fraction of sp³-hybridized carbons (Fsp3) is 0.407. The summed E-state index contributed by atoms with van der Waals surface area (Å²) in [6, 6.07) is 16.2. The molecule has 0 aromatic heterocycles. The van der Waals surface area contributed by atoms with Crippen molar-refractivity contribution in [1.82, 2.24) is 10.6 Å². The molecule has 0 saturated carbocycles. The largest absolute Gasteiger partial charge is 0.467 e. The Morgan fingerprint density at radius 3 is 1.92 bits per heavy atom. The van der Waals surface area contributed by atoms with Crippen molar-refractivity contribution in [2.45, 2.75) is 64.3 Å². The summed E-state index contributed by atoms with van der Waals surface area (Å²) in [6.45, 7) is 6.27. The molecule has 194 valence electrons. The van der Waals surface area contributed by atoms with Gasteiger partial charge in [0.2, 0.25) is 5.91 Å². The third-order valence-corrected chi connectivity index (χ3v) is 5.00. The monoisotopic (exact) mass is 498 g/mol. The van der Waals surface area contributed by atoms with Gasteiger partial charge in [0.25, 0.3) is 0 Å². The van der Waals surface area contributed by atoms with E-state index < -0.39 is 47.7 Å². The standard InChI is InChI=1S/C27H34N2O7/c1-18(30)28-21(24(31)34-5)17-22(29-26(33)36-27(2,3)4)25(32)35-23(20-14-10-7-11-15-20)16-19-12-8-6-9-13-19/h6-15,21-23H,16-17H2,1-5H3,(H,28,30)(H,29,33)/t21-,22-,23-/m1/s1. The fourth-order valence-electron chi connectivity index (χ4n) is 3.45. The number of carbonyl (C=O) groups is 4. The van der Waals surface area contributed by atoms with Crippen molar-refractivity contribution in [3.8, 4) is 0 Å². The van der Waals surface area contributed by atoms with Crippen LogP contribution in [0.3, 0.4) is 0 Å². The first-order valence-corrected chi connectivity index (χ1v) is 11.6. The molecule has 0 aliphatic carbocycles. The van der Waals surface area contributed by atoms with Crippen LogP contribution in [0.1, 0.15) is 51.3 Å². The second kappa shape index (κ2) is 13.3. The summed E-state index contributed by atoms with van der Waals surface area (Å²) >= 11 is 0. The summed E-state index contributed by atoms with van der Waals surface area (Å²) in [6.07, 6.45) is -1.43. The molecule has 9 heteroatoms. The summed E-state index contributed by atoms with van der Waals surface area (Å²) in [4.78, 5) is 49.8. The van der Waals surface area contributed by atoms with Crippen LogP contribution in [0.5, 0.6) is 0 Å². The molecule has 0 aliphatic heterocycles. The van der Waals surface area contributed by atoms with Crippen molar-refractivity contribution in [3.63, 3.8) is 0 Å². The average molecular weight is 499 g/mol. The summed E-state index contributed by atoms with van der Waals surface area (Å²) < 4.78 is 15.9. The van der Waals surface area contributed by atoms with Gasteiger partial charge in [-0.25, -0.2) is 14.4 Å². The lowest BCUT2D eigenvalue weighted by Gasteiger charge is -2.27. The van der Waals surface area contributed by atoms with Crippen molar-refractivity contribution in [2.75, 3.05) is 7.11 Å². The van der Waals surface area contributed by atoms with Gasteiger partial charge in [-0.15, -0.1) is 0 Å². The molecule has 2 aromatic carbocycles. The van der Waals surface area contributed by atoms with E-state index in [1.165, 1.54) is 6.92 Å². The first-order valence-electron chi connectivity index (χ1n) is 11.6. The average Bonchev–Trinajstić information content (AvgIpc) is 2.82. The van der Waals surface area contributed by atoms with Crippen molar-refractivity contribution >= 4 is 23.9 Å². The molecular weight excluding hydrogens is 464 g/mol. The Labute approximate surface area is 211 Å². The van der Waals surface area contributed by atoms with Gasteiger partial charge in [-0.1, -0.05) is 60.7 Å². The lowest BCUT2D eigenvalue weighted by Crippen LogP contribution is -2.51. The molecule has 2 amide bonds. The van der Waals surface area contributed by atoms with E-state index in [0.29, 0.717) is 6.42 Å². The Morgan fingerprint density at radius 2 is 1.39 bits per heavy atom. The van der Waals surface area contributed by atoms with Crippen molar-refractivity contribution in [2.24, 2.45) is 0 Å². The highest BCUT2D eigenvalue weighted by Crippen LogP contribution is 2.24. The summed E-state index contributed by atoms with van der Waals surface area (Å²) in [5.74, 6) is -2.05. The quantitative estimate of drug-likeness (QED) is 0.380. The number of carbonyl (C=O) groups excluding carboxylic acids is 4. The van der Waals surface area contributed by atoms with Gasteiger partial charge in [-0.2, -0.15) is 0 Å². The maximum absolute atomic E-state index is 13.4. The molecule has 0 fully saturated rings. The molecule has 0 saturated heterocycles. The van der Waals surface area contributed by atoms with Crippen LogP contribution in [-0.2, 0) is 35.0 Å². The van der Waals surface area contributed by atoms with Crippen LogP contribution >= 0.6 is 0 Å². The Hall–Kier alpha value is -3.88. The van der Waals surface area contributed by atoms with E-state index in [2.05, 4.69) is 10.6 Å². The number of esters is 2. The maximum atomic E-state index is 13.4. The third-order valence-electron chi connectivity index (χ3n) is 5.00. The third kappa shape index (κ3) is 9.77. The number of benzene rings is 2. The number of hydrogen-bond donors (Lipinski definition) is 2. The lowest BCUT2D eigenvalue weighted by molar-refractivity contribution is -0.153. The van der Waals surface area contributed by atoms with Crippen molar-refractivity contribution < 1.29 is 33.4 Å². The fourth-order valence-corrected chi connectivity index (χ4v) is 3.45. The molecule has 0 radical (unpaired) electrons. The molecule has 36 heavy (non-hydrogen) atoms. The van der Waals surface area contributed by atoms with Gasteiger partial charge < -0.3 is 24.8 Å². The molecule has 2 N–H and O–H groups in total. The van der Waals surface area contributed by atoms with Crippen LogP contribution in [0.2, 0.25) is 0 Å². The molecule has 0 heterocycles. The highest BCUT2D eigenvalue weighted by Gasteiger charge is 2.33. The number of alkyl carbamates (subject to hydrolysis) is 1. The first kappa shape index (κ1) is 28.4. The van der Waals surface area contributed by atoms with E-state index in [-0.39, 0.29) is 6.42 Å². The van der Waals surface area contributed by atoms with Crippen LogP contribution in [0, 0.1) is 0 Å². The normalized spacial score (nSPS) is 13.5. The summed E-state index contributed by atoms with van der Waals surface area (Å²) in [7, 11) is 1.16. The highest BCUT2D eigenvalue weighted by molar-refractivity contribution is 5.86. The van der Waals surface area contributed by atoms with Crippen LogP contribution in [0.15, 0.2) is 60.7 Å². The molecule has 2 aromatic rings. The minimum absolute atomic E-state index is 0.294. The van der Waals surface area contributed by atoms with E-state index in [9.17, 15) is 19.2 Å². The molecule has 0 spiro atoms. The van der Waals surface area contributed by atoms with E-state index in [4.69, 9.17) is 14.2 Å². The van der Waals surface area contributed by atoms with Crippen molar-refractivity contribution in [1.29, 1.82) is 0 Å². The Kier molecular flexibility index (Phi) is 10.5. The highest BCUT2D eigenvalue weighted by atomic mass is 16.6. The minimum atomic E-state index is -1.31. The molecule has 2 rings (SSSR count). The van der Waals surface area contributed by atoms with Gasteiger partial charge in [0.1, 0.15) is 23.8 Å². The first-order chi connectivity index (χ1) is 17.0. The predicted octanol–water partition coefficient (Wildman–Crippen LogP) is 3.47. The van der Waals surface area contributed by atoms with E-state index in [1.54, 1.807) is 20.8 Å². The van der Waals surface area contributed by atoms with Crippen molar-refractivity contribution in [3.05, 3.63) is 71.8 Å². The molecular formula is C27H34N2O7. The SMILES string of the molecule is COC(=O)[C@@H](C[C@@H](NC(=O)OC(C)(C)C)C(=O)O[C@H](Cc1ccccc1)c1ccccc1)NC(C)=O. The zero-order chi connectivity index (χ0) is 26.7. The maximum Gasteiger partial charge on any atom is 0.408 e. The molecule has 0 aliphatic rings. The molecule has 0 bridgehead atoms. The molecule has 0 unspecified atom stereocenters. The summed E-state index contributed by atoms with van der Waals surface area (Å²) in [5, 5.41) is 4.93. The van der Waals surface area contributed by atoms with Gasteiger partial charge >= 0.3 is 18.0 Å². The van der Waals surface area contributed by atoms with Gasteiger partial charge in [0.05, 0.1) is 7.11 Å². The van der Waals surface area contributed by atoms with Gasteiger partial charge in [-0.05, 0) is 31.9 Å².